The van der Waals surface area contributed by atoms with E-state index < -0.39 is 17.9 Å². The van der Waals surface area contributed by atoms with E-state index in [0.29, 0.717) is 43.1 Å². The molecule has 1 saturated heterocycles. The van der Waals surface area contributed by atoms with Gasteiger partial charge in [-0.25, -0.2) is 9.97 Å². The maximum absolute atomic E-state index is 13.8. The molecule has 3 heterocycles. The van der Waals surface area contributed by atoms with Crippen LogP contribution in [0.4, 0.5) is 0 Å². The van der Waals surface area contributed by atoms with Crippen LogP contribution in [0.15, 0.2) is 73.1 Å². The summed E-state index contributed by atoms with van der Waals surface area (Å²) in [5.41, 5.74) is 3.54. The Morgan fingerprint density at radius 1 is 0.882 bits per heavy atom. The van der Waals surface area contributed by atoms with Crippen LogP contribution in [0, 0.1) is 5.92 Å². The van der Waals surface area contributed by atoms with Gasteiger partial charge in [-0.05, 0) is 60.1 Å². The van der Waals surface area contributed by atoms with Crippen LogP contribution in [0.25, 0.3) is 22.5 Å². The molecule has 9 nitrogen and oxygen atoms in total. The lowest BCUT2D eigenvalue weighted by Gasteiger charge is -2.33. The van der Waals surface area contributed by atoms with Crippen LogP contribution in [0.3, 0.4) is 0 Å². The first-order chi connectivity index (χ1) is 24.5. The fourth-order valence-corrected chi connectivity index (χ4v) is 7.12. The van der Waals surface area contributed by atoms with Crippen LogP contribution in [0.5, 0.6) is 5.75 Å². The number of unbranched alkanes of at least 4 members (excludes halogenated alkanes) is 4. The standard InChI is InChI=1S/C41H50N4O5S/c1-5-6-7-8-9-24-50-33-16-14-29(15-17-33)32-26-42-37(43-27-32)30-12-10-28(11-13-30)25-34(39(47)45-22-20-31(21-23-45)40(48)49)44-38(46)35-18-19-36(51-35)41(2,3)4/h10-19,26-27,31,34H,5-9,20-25H2,1-4H3,(H,44,46)(H,48,49). The molecule has 2 N–H and O–H groups in total. The molecule has 0 aliphatic carbocycles. The maximum atomic E-state index is 13.8. The number of aromatic nitrogens is 2. The lowest BCUT2D eigenvalue weighted by molar-refractivity contribution is -0.146. The number of hydrogen-bond acceptors (Lipinski definition) is 7. The van der Waals surface area contributed by atoms with Gasteiger partial charge in [0, 0.05) is 47.9 Å². The first-order valence-corrected chi connectivity index (χ1v) is 18.9. The molecule has 270 valence electrons. The third kappa shape index (κ3) is 10.5. The Labute approximate surface area is 305 Å². The Hall–Kier alpha value is -4.57. The summed E-state index contributed by atoms with van der Waals surface area (Å²) in [5.74, 6) is -0.338. The summed E-state index contributed by atoms with van der Waals surface area (Å²) in [4.78, 5) is 51.3. The van der Waals surface area contributed by atoms with E-state index in [1.165, 1.54) is 37.0 Å². The number of likely N-dealkylation sites (tertiary alicyclic amines) is 1. The minimum atomic E-state index is -0.833. The molecule has 0 saturated carbocycles. The molecule has 10 heteroatoms. The van der Waals surface area contributed by atoms with E-state index in [9.17, 15) is 19.5 Å². The van der Waals surface area contributed by atoms with Gasteiger partial charge < -0.3 is 20.1 Å². The highest BCUT2D eigenvalue weighted by molar-refractivity contribution is 7.14. The van der Waals surface area contributed by atoms with Gasteiger partial charge in [0.1, 0.15) is 11.8 Å². The fourth-order valence-electron chi connectivity index (χ4n) is 6.15. The molecule has 5 rings (SSSR count). The van der Waals surface area contributed by atoms with Gasteiger partial charge >= 0.3 is 5.97 Å². The molecule has 0 bridgehead atoms. The summed E-state index contributed by atoms with van der Waals surface area (Å²) in [7, 11) is 0. The number of ether oxygens (including phenoxy) is 1. The molecule has 2 amide bonds. The highest BCUT2D eigenvalue weighted by atomic mass is 32.1. The second-order valence-corrected chi connectivity index (χ2v) is 15.4. The third-order valence-electron chi connectivity index (χ3n) is 9.34. The molecule has 2 aromatic carbocycles. The van der Waals surface area contributed by atoms with E-state index in [1.807, 2.05) is 67.0 Å². The Balaban J connectivity index is 1.23. The molecule has 1 aliphatic rings. The Morgan fingerprint density at radius 3 is 2.14 bits per heavy atom. The number of carbonyl (C=O) groups excluding carboxylic acids is 2. The monoisotopic (exact) mass is 710 g/mol. The van der Waals surface area contributed by atoms with Crippen molar-refractivity contribution >= 4 is 29.1 Å². The van der Waals surface area contributed by atoms with Crippen LogP contribution in [-0.4, -0.2) is 63.5 Å². The highest BCUT2D eigenvalue weighted by Crippen LogP contribution is 2.30. The van der Waals surface area contributed by atoms with Crippen LogP contribution in [0.2, 0.25) is 0 Å². The van der Waals surface area contributed by atoms with E-state index >= 15 is 0 Å². The smallest absolute Gasteiger partial charge is 0.306 e. The van der Waals surface area contributed by atoms with Crippen molar-refractivity contribution in [2.75, 3.05) is 19.7 Å². The molecule has 1 atom stereocenters. The zero-order valence-electron chi connectivity index (χ0n) is 30.2. The minimum absolute atomic E-state index is 0.0909. The van der Waals surface area contributed by atoms with E-state index in [0.717, 1.165) is 45.9 Å². The largest absolute Gasteiger partial charge is 0.494 e. The quantitative estimate of drug-likeness (QED) is 0.119. The number of amides is 2. The number of thiophene rings is 1. The van der Waals surface area contributed by atoms with Crippen molar-refractivity contribution in [3.8, 4) is 28.3 Å². The lowest BCUT2D eigenvalue weighted by atomic mass is 9.95. The fraction of sp³-hybridized carbons (Fsp3) is 0.439. The Kier molecular flexibility index (Phi) is 13.0. The number of benzene rings is 2. The molecule has 1 fully saturated rings. The van der Waals surface area contributed by atoms with E-state index in [-0.39, 0.29) is 17.2 Å². The molecule has 0 radical (unpaired) electrons. The van der Waals surface area contributed by atoms with E-state index in [2.05, 4.69) is 43.0 Å². The zero-order valence-corrected chi connectivity index (χ0v) is 31.0. The number of carbonyl (C=O) groups is 3. The number of carboxylic acids is 1. The van der Waals surface area contributed by atoms with Crippen molar-refractivity contribution in [2.45, 2.75) is 90.5 Å². The average Bonchev–Trinajstić information content (AvgIpc) is 3.65. The van der Waals surface area contributed by atoms with Crippen molar-refractivity contribution in [1.82, 2.24) is 20.2 Å². The highest BCUT2D eigenvalue weighted by Gasteiger charge is 2.32. The van der Waals surface area contributed by atoms with Gasteiger partial charge in [-0.2, -0.15) is 0 Å². The van der Waals surface area contributed by atoms with Crippen molar-refractivity contribution < 1.29 is 24.2 Å². The third-order valence-corrected chi connectivity index (χ3v) is 10.8. The molecular formula is C41H50N4O5S. The Bertz CT molecular complexity index is 1740. The number of hydrogen-bond donors (Lipinski definition) is 2. The number of nitrogens with one attached hydrogen (secondary N) is 1. The van der Waals surface area contributed by atoms with Gasteiger partial charge in [0.15, 0.2) is 5.82 Å². The summed E-state index contributed by atoms with van der Waals surface area (Å²) in [6, 6.07) is 18.7. The predicted molar refractivity (Wildman–Crippen MR) is 202 cm³/mol. The summed E-state index contributed by atoms with van der Waals surface area (Å²) >= 11 is 1.43. The number of rotatable bonds is 15. The molecule has 0 spiro atoms. The lowest BCUT2D eigenvalue weighted by Crippen LogP contribution is -2.52. The summed E-state index contributed by atoms with van der Waals surface area (Å²) < 4.78 is 5.90. The van der Waals surface area contributed by atoms with Crippen LogP contribution < -0.4 is 10.1 Å². The zero-order chi connectivity index (χ0) is 36.4. The molecule has 1 aliphatic heterocycles. The van der Waals surface area contributed by atoms with Gasteiger partial charge in [0.05, 0.1) is 17.4 Å². The van der Waals surface area contributed by atoms with Crippen LogP contribution in [0.1, 0.15) is 92.8 Å². The van der Waals surface area contributed by atoms with Gasteiger partial charge in [-0.3, -0.25) is 14.4 Å². The second kappa shape index (κ2) is 17.6. The number of piperidine rings is 1. The van der Waals surface area contributed by atoms with E-state index in [4.69, 9.17) is 4.74 Å². The van der Waals surface area contributed by atoms with Crippen LogP contribution >= 0.6 is 11.3 Å². The van der Waals surface area contributed by atoms with Gasteiger partial charge in [0.25, 0.3) is 5.91 Å². The van der Waals surface area contributed by atoms with Crippen molar-refractivity contribution in [3.63, 3.8) is 0 Å². The summed E-state index contributed by atoms with van der Waals surface area (Å²) in [6.07, 6.45) is 10.7. The average molecular weight is 711 g/mol. The molecule has 4 aromatic rings. The minimum Gasteiger partial charge on any atom is -0.494 e. The van der Waals surface area contributed by atoms with Crippen molar-refractivity contribution in [2.24, 2.45) is 5.92 Å². The van der Waals surface area contributed by atoms with Crippen molar-refractivity contribution in [1.29, 1.82) is 0 Å². The number of nitrogens with zero attached hydrogens (tertiary/aromatic N) is 3. The molecule has 51 heavy (non-hydrogen) atoms. The van der Waals surface area contributed by atoms with Crippen molar-refractivity contribution in [3.05, 3.63) is 88.4 Å². The summed E-state index contributed by atoms with van der Waals surface area (Å²) in [6.45, 7) is 9.94. The van der Waals surface area contributed by atoms with Gasteiger partial charge in [-0.15, -0.1) is 11.3 Å². The Morgan fingerprint density at radius 2 is 1.53 bits per heavy atom. The molecular weight excluding hydrogens is 661 g/mol. The second-order valence-electron chi connectivity index (χ2n) is 14.4. The molecule has 2 aromatic heterocycles. The number of aliphatic carboxylic acids is 1. The predicted octanol–water partition coefficient (Wildman–Crippen LogP) is 8.18. The SMILES string of the molecule is CCCCCCCOc1ccc(-c2cnc(-c3ccc(CC(NC(=O)c4ccc(C(C)(C)C)s4)C(=O)N4CCC(C(=O)O)CC4)cc3)nc2)cc1. The topological polar surface area (TPSA) is 122 Å². The first-order valence-electron chi connectivity index (χ1n) is 18.1. The molecule has 1 unspecified atom stereocenters. The first kappa shape index (κ1) is 37.7. The normalized spacial score (nSPS) is 14.2. The van der Waals surface area contributed by atoms with Gasteiger partial charge in [0.2, 0.25) is 5.91 Å². The maximum Gasteiger partial charge on any atom is 0.306 e. The summed E-state index contributed by atoms with van der Waals surface area (Å²) in [5, 5.41) is 12.4. The van der Waals surface area contributed by atoms with Gasteiger partial charge in [-0.1, -0.05) is 89.8 Å². The van der Waals surface area contributed by atoms with E-state index in [1.54, 1.807) is 11.0 Å². The number of carboxylic acid groups (broad SMARTS) is 1. The van der Waals surface area contributed by atoms with Crippen LogP contribution in [-0.2, 0) is 21.4 Å².